The summed E-state index contributed by atoms with van der Waals surface area (Å²) in [5, 5.41) is 3.45. The van der Waals surface area contributed by atoms with Crippen molar-refractivity contribution in [2.75, 3.05) is 26.7 Å². The average molecular weight is 414 g/mol. The number of piperidine rings is 1. The van der Waals surface area contributed by atoms with E-state index >= 15 is 0 Å². The second-order valence-electron chi connectivity index (χ2n) is 7.47. The molecule has 2 heterocycles. The Morgan fingerprint density at radius 1 is 1.36 bits per heavy atom. The first-order chi connectivity index (χ1) is 11.7. The van der Waals surface area contributed by atoms with Gasteiger partial charge in [0, 0.05) is 50.2 Å². The summed E-state index contributed by atoms with van der Waals surface area (Å²) in [4.78, 5) is 18.1. The Balaban J connectivity index is 1.83. The first kappa shape index (κ1) is 20.1. The lowest BCUT2D eigenvalue weighted by Crippen LogP contribution is -2.53. The molecule has 1 fully saturated rings. The number of rotatable bonds is 5. The summed E-state index contributed by atoms with van der Waals surface area (Å²) in [7, 11) is 1.74. The predicted octanol–water partition coefficient (Wildman–Crippen LogP) is 3.35. The van der Waals surface area contributed by atoms with Crippen molar-refractivity contribution < 1.29 is 14.3 Å². The SMILES string of the molecule is COC1(CNCc2cncc(Br)c2)CCN(C(=O)OC(C)(C)C)CC1. The molecule has 0 bridgehead atoms. The van der Waals surface area contributed by atoms with Gasteiger partial charge in [0.05, 0.1) is 5.60 Å². The number of halogens is 1. The number of carbonyl (C=O) groups is 1. The lowest BCUT2D eigenvalue weighted by molar-refractivity contribution is -0.0588. The number of likely N-dealkylation sites (tertiary alicyclic amines) is 1. The van der Waals surface area contributed by atoms with E-state index in [-0.39, 0.29) is 11.7 Å². The van der Waals surface area contributed by atoms with Gasteiger partial charge in [-0.15, -0.1) is 0 Å². The van der Waals surface area contributed by atoms with E-state index in [0.29, 0.717) is 13.1 Å². The van der Waals surface area contributed by atoms with Crippen LogP contribution in [-0.4, -0.2) is 53.9 Å². The van der Waals surface area contributed by atoms with Gasteiger partial charge >= 0.3 is 6.09 Å². The van der Waals surface area contributed by atoms with E-state index in [4.69, 9.17) is 9.47 Å². The van der Waals surface area contributed by atoms with Crippen LogP contribution in [0, 0.1) is 0 Å². The molecule has 0 unspecified atom stereocenters. The van der Waals surface area contributed by atoms with Crippen molar-refractivity contribution in [3.63, 3.8) is 0 Å². The molecule has 7 heteroatoms. The van der Waals surface area contributed by atoms with Crippen molar-refractivity contribution in [2.45, 2.75) is 51.4 Å². The zero-order valence-corrected chi connectivity index (χ0v) is 17.1. The molecule has 0 atom stereocenters. The summed E-state index contributed by atoms with van der Waals surface area (Å²) in [6.07, 6.45) is 4.94. The first-order valence-electron chi connectivity index (χ1n) is 8.56. The maximum absolute atomic E-state index is 12.2. The fraction of sp³-hybridized carbons (Fsp3) is 0.667. The fourth-order valence-electron chi connectivity index (χ4n) is 2.86. The number of methoxy groups -OCH3 is 1. The van der Waals surface area contributed by atoms with Gasteiger partial charge in [0.2, 0.25) is 0 Å². The van der Waals surface area contributed by atoms with E-state index in [0.717, 1.165) is 36.0 Å². The maximum atomic E-state index is 12.2. The number of hydrogen-bond acceptors (Lipinski definition) is 5. The summed E-state index contributed by atoms with van der Waals surface area (Å²) in [6, 6.07) is 2.05. The van der Waals surface area contributed by atoms with Crippen molar-refractivity contribution in [3.05, 3.63) is 28.5 Å². The van der Waals surface area contributed by atoms with Gasteiger partial charge in [-0.1, -0.05) is 0 Å². The molecule has 25 heavy (non-hydrogen) atoms. The minimum atomic E-state index is -0.466. The topological polar surface area (TPSA) is 63.7 Å². The zero-order chi connectivity index (χ0) is 18.5. The van der Waals surface area contributed by atoms with Crippen LogP contribution in [0.3, 0.4) is 0 Å². The number of nitrogens with zero attached hydrogens (tertiary/aromatic N) is 2. The second-order valence-corrected chi connectivity index (χ2v) is 8.39. The molecule has 1 saturated heterocycles. The van der Waals surface area contributed by atoms with Crippen molar-refractivity contribution in [1.82, 2.24) is 15.2 Å². The second kappa shape index (κ2) is 8.47. The molecule has 1 aliphatic rings. The van der Waals surface area contributed by atoms with Gasteiger partial charge in [0.25, 0.3) is 0 Å². The van der Waals surface area contributed by atoms with Gasteiger partial charge in [0.1, 0.15) is 5.60 Å². The zero-order valence-electron chi connectivity index (χ0n) is 15.5. The Hall–Kier alpha value is -1.18. The number of amides is 1. The van der Waals surface area contributed by atoms with Crippen LogP contribution in [0.5, 0.6) is 0 Å². The van der Waals surface area contributed by atoms with Gasteiger partial charge in [-0.2, -0.15) is 0 Å². The fourth-order valence-corrected chi connectivity index (χ4v) is 3.28. The minimum Gasteiger partial charge on any atom is -0.444 e. The summed E-state index contributed by atoms with van der Waals surface area (Å²) >= 11 is 3.43. The van der Waals surface area contributed by atoms with Gasteiger partial charge in [-0.05, 0) is 61.2 Å². The molecule has 1 aliphatic heterocycles. The number of pyridine rings is 1. The van der Waals surface area contributed by atoms with Gasteiger partial charge < -0.3 is 19.7 Å². The quantitative estimate of drug-likeness (QED) is 0.801. The molecule has 140 valence electrons. The highest BCUT2D eigenvalue weighted by molar-refractivity contribution is 9.10. The number of hydrogen-bond donors (Lipinski definition) is 1. The Kier molecular flexibility index (Phi) is 6.82. The van der Waals surface area contributed by atoms with Crippen LogP contribution in [0.15, 0.2) is 22.9 Å². The van der Waals surface area contributed by atoms with Crippen LogP contribution in [0.25, 0.3) is 0 Å². The Labute approximate surface area is 158 Å². The van der Waals surface area contributed by atoms with Crippen LogP contribution in [0.2, 0.25) is 0 Å². The minimum absolute atomic E-state index is 0.245. The number of aromatic nitrogens is 1. The lowest BCUT2D eigenvalue weighted by atomic mass is 9.91. The van der Waals surface area contributed by atoms with Crippen LogP contribution in [0.1, 0.15) is 39.2 Å². The summed E-state index contributed by atoms with van der Waals surface area (Å²) in [6.45, 7) is 8.40. The van der Waals surface area contributed by atoms with Crippen molar-refractivity contribution in [3.8, 4) is 0 Å². The van der Waals surface area contributed by atoms with Crippen molar-refractivity contribution >= 4 is 22.0 Å². The third-order valence-corrected chi connectivity index (χ3v) is 4.73. The molecule has 0 spiro atoms. The van der Waals surface area contributed by atoms with E-state index in [1.54, 1.807) is 18.2 Å². The van der Waals surface area contributed by atoms with Gasteiger partial charge in [0.15, 0.2) is 0 Å². The normalized spacial score (nSPS) is 17.4. The summed E-state index contributed by atoms with van der Waals surface area (Å²) in [5.74, 6) is 0. The van der Waals surface area contributed by atoms with E-state index in [2.05, 4.69) is 26.2 Å². The monoisotopic (exact) mass is 413 g/mol. The Morgan fingerprint density at radius 2 is 2.04 bits per heavy atom. The van der Waals surface area contributed by atoms with Gasteiger partial charge in [-0.3, -0.25) is 4.98 Å². The molecule has 0 radical (unpaired) electrons. The molecular formula is C18H28BrN3O3. The molecule has 0 aromatic carbocycles. The smallest absolute Gasteiger partial charge is 0.410 e. The third kappa shape index (κ3) is 6.24. The summed E-state index contributed by atoms with van der Waals surface area (Å²) < 4.78 is 12.2. The van der Waals surface area contributed by atoms with E-state index in [1.807, 2.05) is 33.0 Å². The van der Waals surface area contributed by atoms with Crippen molar-refractivity contribution in [1.29, 1.82) is 0 Å². The van der Waals surface area contributed by atoms with E-state index in [9.17, 15) is 4.79 Å². The van der Waals surface area contributed by atoms with Crippen LogP contribution in [0.4, 0.5) is 4.79 Å². The predicted molar refractivity (Wildman–Crippen MR) is 100 cm³/mol. The molecule has 0 aliphatic carbocycles. The molecule has 1 aromatic heterocycles. The Bertz CT molecular complexity index is 581. The molecule has 2 rings (SSSR count). The standard InChI is InChI=1S/C18H28BrN3O3/c1-17(2,3)25-16(23)22-7-5-18(24-4,6-8-22)13-21-11-14-9-15(19)12-20-10-14/h9-10,12,21H,5-8,11,13H2,1-4H3. The number of carbonyl (C=O) groups excluding carboxylic acids is 1. The van der Waals surface area contributed by atoms with Crippen LogP contribution in [-0.2, 0) is 16.0 Å². The molecular weight excluding hydrogens is 386 g/mol. The highest BCUT2D eigenvalue weighted by atomic mass is 79.9. The molecule has 6 nitrogen and oxygen atoms in total. The number of nitrogens with one attached hydrogen (secondary N) is 1. The molecule has 0 saturated carbocycles. The third-order valence-electron chi connectivity index (χ3n) is 4.30. The van der Waals surface area contributed by atoms with Crippen LogP contribution >= 0.6 is 15.9 Å². The van der Waals surface area contributed by atoms with Gasteiger partial charge in [-0.25, -0.2) is 4.79 Å². The van der Waals surface area contributed by atoms with E-state index < -0.39 is 5.60 Å². The first-order valence-corrected chi connectivity index (χ1v) is 9.36. The number of ether oxygens (including phenoxy) is 2. The maximum Gasteiger partial charge on any atom is 0.410 e. The highest BCUT2D eigenvalue weighted by Crippen LogP contribution is 2.26. The van der Waals surface area contributed by atoms with Crippen LogP contribution < -0.4 is 5.32 Å². The van der Waals surface area contributed by atoms with Crippen molar-refractivity contribution in [2.24, 2.45) is 0 Å². The molecule has 1 amide bonds. The molecule has 1 N–H and O–H groups in total. The average Bonchev–Trinajstić information content (AvgIpc) is 2.54. The Morgan fingerprint density at radius 3 is 2.60 bits per heavy atom. The summed E-state index contributed by atoms with van der Waals surface area (Å²) in [5.41, 5.74) is 0.400. The van der Waals surface area contributed by atoms with E-state index in [1.165, 1.54) is 0 Å². The largest absolute Gasteiger partial charge is 0.444 e. The highest BCUT2D eigenvalue weighted by Gasteiger charge is 2.36. The lowest BCUT2D eigenvalue weighted by Gasteiger charge is -2.41. The molecule has 1 aromatic rings.